The Morgan fingerprint density at radius 2 is 1.80 bits per heavy atom. The molecule has 0 atom stereocenters. The minimum Gasteiger partial charge on any atom is -0.437 e. The van der Waals surface area contributed by atoms with Crippen molar-refractivity contribution in [2.45, 2.75) is 12.7 Å². The van der Waals surface area contributed by atoms with Crippen LogP contribution in [0.25, 0.3) is 21.6 Å². The molecule has 0 aliphatic carbocycles. The maximum absolute atomic E-state index is 14.1. The first-order valence-corrected chi connectivity index (χ1v) is 15.0. The molecule has 3 aromatic heterocycles. The van der Waals surface area contributed by atoms with Gasteiger partial charge in [0, 0.05) is 56.4 Å². The third-order valence-corrected chi connectivity index (χ3v) is 8.49. The minimum atomic E-state index is -4.59. The number of alkyl halides is 3. The maximum Gasteiger partial charge on any atom is 0.416 e. The second-order valence-corrected chi connectivity index (χ2v) is 11.7. The molecule has 6 rings (SSSR count). The highest BCUT2D eigenvalue weighted by atomic mass is 35.5. The number of carbonyl (C=O) groups excluding carboxylic acids is 1. The summed E-state index contributed by atoms with van der Waals surface area (Å²) in [5, 5.41) is 4.55. The monoisotopic (exact) mass is 638 g/mol. The van der Waals surface area contributed by atoms with E-state index in [9.17, 15) is 18.0 Å². The first kappa shape index (κ1) is 29.9. The van der Waals surface area contributed by atoms with Crippen LogP contribution in [0.2, 0.25) is 5.02 Å². The smallest absolute Gasteiger partial charge is 0.416 e. The molecule has 2 aromatic carbocycles. The van der Waals surface area contributed by atoms with Gasteiger partial charge in [-0.05, 0) is 66.5 Å². The maximum atomic E-state index is 14.1. The number of rotatable bonds is 7. The normalized spacial score (nSPS) is 14.6. The number of likely N-dealkylation sites (N-methyl/N-ethyl adjacent to an activating group) is 1. The van der Waals surface area contributed by atoms with E-state index in [1.54, 1.807) is 30.6 Å². The van der Waals surface area contributed by atoms with Crippen molar-refractivity contribution in [3.05, 3.63) is 94.1 Å². The molecular weight excluding hydrogens is 613 g/mol. The van der Waals surface area contributed by atoms with E-state index in [2.05, 4.69) is 25.2 Å². The van der Waals surface area contributed by atoms with Crippen molar-refractivity contribution in [1.82, 2.24) is 24.8 Å². The standard InChI is InChI=1S/C31H26ClF3N6O2S/c1-40-11-13-41(14-12-40)18-20-2-3-21(16-24(20)31(33,34)35)37-29(42)23-17-22(4-5-25(23)32)43-30-27-26(8-15-44-27)38-28(39-30)19-6-9-36-10-7-19/h2-10,15-17H,11-14,18H2,1H3,(H,37,42). The molecule has 0 saturated carbocycles. The van der Waals surface area contributed by atoms with E-state index in [0.29, 0.717) is 29.1 Å². The zero-order valence-electron chi connectivity index (χ0n) is 23.4. The molecule has 4 heterocycles. The van der Waals surface area contributed by atoms with Gasteiger partial charge in [-0.2, -0.15) is 18.2 Å². The van der Waals surface area contributed by atoms with Crippen LogP contribution in [0, 0.1) is 0 Å². The molecule has 1 fully saturated rings. The molecule has 0 radical (unpaired) electrons. The summed E-state index contributed by atoms with van der Waals surface area (Å²) in [6, 6.07) is 13.8. The number of ether oxygens (including phenoxy) is 1. The number of nitrogens with one attached hydrogen (secondary N) is 1. The molecule has 13 heteroatoms. The van der Waals surface area contributed by atoms with Gasteiger partial charge in [-0.3, -0.25) is 14.7 Å². The average molecular weight is 639 g/mol. The number of hydrogen-bond acceptors (Lipinski definition) is 8. The van der Waals surface area contributed by atoms with Gasteiger partial charge in [0.25, 0.3) is 5.91 Å². The van der Waals surface area contributed by atoms with Crippen LogP contribution >= 0.6 is 22.9 Å². The number of thiophene rings is 1. The lowest BCUT2D eigenvalue weighted by molar-refractivity contribution is -0.138. The SMILES string of the molecule is CN1CCN(Cc2ccc(NC(=O)c3cc(Oc4nc(-c5ccncc5)nc5ccsc45)ccc3Cl)cc2C(F)(F)F)CC1. The molecule has 0 unspecified atom stereocenters. The van der Waals surface area contributed by atoms with E-state index in [1.165, 1.54) is 35.6 Å². The van der Waals surface area contributed by atoms with Gasteiger partial charge in [0.2, 0.25) is 5.88 Å². The summed E-state index contributed by atoms with van der Waals surface area (Å²) in [4.78, 5) is 30.6. The summed E-state index contributed by atoms with van der Waals surface area (Å²) in [5.41, 5.74) is 0.850. The fraction of sp³-hybridized carbons (Fsp3) is 0.226. The van der Waals surface area contributed by atoms with Gasteiger partial charge >= 0.3 is 6.18 Å². The fourth-order valence-electron chi connectivity index (χ4n) is 4.89. The van der Waals surface area contributed by atoms with Crippen molar-refractivity contribution in [3.8, 4) is 23.0 Å². The van der Waals surface area contributed by atoms with E-state index < -0.39 is 17.6 Å². The Morgan fingerprint density at radius 3 is 2.55 bits per heavy atom. The number of pyridine rings is 1. The molecule has 8 nitrogen and oxygen atoms in total. The molecule has 1 saturated heterocycles. The summed E-state index contributed by atoms with van der Waals surface area (Å²) in [6.07, 6.45) is -1.31. The number of nitrogens with zero attached hydrogens (tertiary/aromatic N) is 5. The lowest BCUT2D eigenvalue weighted by Crippen LogP contribution is -2.44. The van der Waals surface area contributed by atoms with Crippen LogP contribution in [-0.2, 0) is 12.7 Å². The van der Waals surface area contributed by atoms with Crippen molar-refractivity contribution >= 4 is 44.7 Å². The molecular formula is C31H26ClF3N6O2S. The Labute approximate surface area is 260 Å². The summed E-state index contributed by atoms with van der Waals surface area (Å²) in [6.45, 7) is 3.12. The Bertz CT molecular complexity index is 1810. The van der Waals surface area contributed by atoms with Crippen LogP contribution in [0.4, 0.5) is 18.9 Å². The van der Waals surface area contributed by atoms with Crippen LogP contribution in [0.1, 0.15) is 21.5 Å². The third kappa shape index (κ3) is 6.68. The van der Waals surface area contributed by atoms with Crippen LogP contribution in [0.3, 0.4) is 0 Å². The fourth-order valence-corrected chi connectivity index (χ4v) is 5.85. The van der Waals surface area contributed by atoms with E-state index in [-0.39, 0.29) is 40.0 Å². The van der Waals surface area contributed by atoms with E-state index in [1.807, 2.05) is 23.4 Å². The lowest BCUT2D eigenvalue weighted by atomic mass is 10.0. The second kappa shape index (κ2) is 12.5. The van der Waals surface area contributed by atoms with Crippen LogP contribution in [0.15, 0.2) is 72.4 Å². The number of hydrogen-bond donors (Lipinski definition) is 1. The van der Waals surface area contributed by atoms with Crippen molar-refractivity contribution in [2.75, 3.05) is 38.5 Å². The van der Waals surface area contributed by atoms with E-state index in [0.717, 1.165) is 24.7 Å². The van der Waals surface area contributed by atoms with Gasteiger partial charge in [0.05, 0.1) is 21.7 Å². The van der Waals surface area contributed by atoms with E-state index in [4.69, 9.17) is 16.3 Å². The number of piperazine rings is 1. The zero-order chi connectivity index (χ0) is 30.8. The Kier molecular flexibility index (Phi) is 8.50. The van der Waals surface area contributed by atoms with E-state index >= 15 is 0 Å². The molecule has 1 amide bonds. The highest BCUT2D eigenvalue weighted by molar-refractivity contribution is 7.17. The van der Waals surface area contributed by atoms with Gasteiger partial charge in [-0.1, -0.05) is 17.7 Å². The highest BCUT2D eigenvalue weighted by Crippen LogP contribution is 2.36. The summed E-state index contributed by atoms with van der Waals surface area (Å²) in [7, 11) is 1.99. The molecule has 1 N–H and O–H groups in total. The Balaban J connectivity index is 1.24. The van der Waals surface area contributed by atoms with Crippen LogP contribution < -0.4 is 10.1 Å². The largest absolute Gasteiger partial charge is 0.437 e. The lowest BCUT2D eigenvalue weighted by Gasteiger charge is -2.33. The average Bonchev–Trinajstić information content (AvgIpc) is 3.49. The highest BCUT2D eigenvalue weighted by Gasteiger charge is 2.34. The number of fused-ring (bicyclic) bond motifs is 1. The minimum absolute atomic E-state index is 0.00456. The van der Waals surface area contributed by atoms with Crippen molar-refractivity contribution < 1.29 is 22.7 Å². The first-order valence-electron chi connectivity index (χ1n) is 13.7. The van der Waals surface area contributed by atoms with Crippen molar-refractivity contribution in [1.29, 1.82) is 0 Å². The molecule has 5 aromatic rings. The van der Waals surface area contributed by atoms with Crippen molar-refractivity contribution in [2.24, 2.45) is 0 Å². The number of carbonyl (C=O) groups is 1. The summed E-state index contributed by atoms with van der Waals surface area (Å²) < 4.78 is 49.0. The van der Waals surface area contributed by atoms with Crippen molar-refractivity contribution in [3.63, 3.8) is 0 Å². The van der Waals surface area contributed by atoms with Gasteiger partial charge in [-0.15, -0.1) is 11.3 Å². The van der Waals surface area contributed by atoms with Gasteiger partial charge in [-0.25, -0.2) is 4.98 Å². The molecule has 0 spiro atoms. The predicted molar refractivity (Wildman–Crippen MR) is 164 cm³/mol. The third-order valence-electron chi connectivity index (χ3n) is 7.27. The second-order valence-electron chi connectivity index (χ2n) is 10.4. The quantitative estimate of drug-likeness (QED) is 0.202. The molecule has 226 valence electrons. The number of aromatic nitrogens is 3. The first-order chi connectivity index (χ1) is 21.1. The molecule has 1 aliphatic heterocycles. The van der Waals surface area contributed by atoms with Gasteiger partial charge in [0.15, 0.2) is 5.82 Å². The topological polar surface area (TPSA) is 83.5 Å². The molecule has 0 bridgehead atoms. The number of amides is 1. The molecule has 1 aliphatic rings. The summed E-state index contributed by atoms with van der Waals surface area (Å²) >= 11 is 7.76. The Hall–Kier alpha value is -4.10. The Morgan fingerprint density at radius 1 is 1.02 bits per heavy atom. The van der Waals surface area contributed by atoms with Crippen LogP contribution in [0.5, 0.6) is 11.6 Å². The predicted octanol–water partition coefficient (Wildman–Crippen LogP) is 7.22. The number of benzene rings is 2. The van der Waals surface area contributed by atoms with Gasteiger partial charge in [0.1, 0.15) is 10.4 Å². The number of anilines is 1. The zero-order valence-corrected chi connectivity index (χ0v) is 25.0. The number of halogens is 4. The van der Waals surface area contributed by atoms with Crippen LogP contribution in [-0.4, -0.2) is 63.9 Å². The molecule has 44 heavy (non-hydrogen) atoms. The van der Waals surface area contributed by atoms with Gasteiger partial charge < -0.3 is 15.0 Å². The summed E-state index contributed by atoms with van der Waals surface area (Å²) in [5.74, 6) is 0.321.